The molecule has 1 fully saturated rings. The Bertz CT molecular complexity index is 1260. The minimum atomic E-state index is -1.58. The molecule has 3 aromatic rings. The Morgan fingerprint density at radius 1 is 1.14 bits per heavy atom. The fraction of sp³-hybridized carbons (Fsp3) is 0.269. The zero-order chi connectivity index (χ0) is 25.8. The van der Waals surface area contributed by atoms with Crippen LogP contribution >= 0.6 is 11.3 Å². The number of thiazole rings is 1. The standard InChI is InChI=1S/C26H26F2N4O3S/c1-15-5-7-16(8-6-15)20(33)9-10-21(34)32-13-11-17(12-14-32)30-26-31-25(29)24(36-26)23(35)22-18(27)3-2-4-19(22)28/h2-10,17,23,35H,11-14,29H2,1H3,(H,30,31)/b10-9+. The molecule has 4 N–H and O–H groups in total. The first kappa shape index (κ1) is 25.5. The van der Waals surface area contributed by atoms with E-state index in [1.54, 1.807) is 17.0 Å². The van der Waals surface area contributed by atoms with E-state index in [1.165, 1.54) is 18.2 Å². The number of nitrogens with zero attached hydrogens (tertiary/aromatic N) is 2. The maximum absolute atomic E-state index is 14.1. The van der Waals surface area contributed by atoms with Crippen molar-refractivity contribution in [2.75, 3.05) is 24.1 Å². The topological polar surface area (TPSA) is 109 Å². The van der Waals surface area contributed by atoms with Crippen LogP contribution in [0.3, 0.4) is 0 Å². The number of carbonyl (C=O) groups is 2. The van der Waals surface area contributed by atoms with Crippen molar-refractivity contribution in [1.82, 2.24) is 9.88 Å². The van der Waals surface area contributed by atoms with Crippen molar-refractivity contribution in [3.05, 3.63) is 87.8 Å². The second kappa shape index (κ2) is 11.0. The number of benzene rings is 2. The van der Waals surface area contributed by atoms with Crippen LogP contribution in [0.15, 0.2) is 54.6 Å². The summed E-state index contributed by atoms with van der Waals surface area (Å²) in [6.45, 7) is 2.90. The number of carbonyl (C=O) groups excluding carboxylic acids is 2. The van der Waals surface area contributed by atoms with Crippen LogP contribution in [0.1, 0.15) is 45.3 Å². The van der Waals surface area contributed by atoms with Crippen LogP contribution in [0.4, 0.5) is 19.7 Å². The molecule has 36 heavy (non-hydrogen) atoms. The van der Waals surface area contributed by atoms with Crippen molar-refractivity contribution in [1.29, 1.82) is 0 Å². The summed E-state index contributed by atoms with van der Waals surface area (Å²) in [6.07, 6.45) is 2.27. The number of hydrogen-bond donors (Lipinski definition) is 3. The molecule has 2 heterocycles. The molecule has 0 saturated carbocycles. The number of nitrogen functional groups attached to an aromatic ring is 1. The third-order valence-electron chi connectivity index (χ3n) is 6.05. The highest BCUT2D eigenvalue weighted by Gasteiger charge is 2.27. The zero-order valence-corrected chi connectivity index (χ0v) is 20.4. The predicted molar refractivity (Wildman–Crippen MR) is 135 cm³/mol. The number of ketones is 1. The van der Waals surface area contributed by atoms with Crippen LogP contribution in [0.2, 0.25) is 0 Å². The Morgan fingerprint density at radius 3 is 2.42 bits per heavy atom. The van der Waals surface area contributed by atoms with E-state index in [1.807, 2.05) is 19.1 Å². The highest BCUT2D eigenvalue weighted by molar-refractivity contribution is 7.16. The van der Waals surface area contributed by atoms with Gasteiger partial charge >= 0.3 is 0 Å². The van der Waals surface area contributed by atoms with Crippen molar-refractivity contribution in [2.45, 2.75) is 31.9 Å². The monoisotopic (exact) mass is 512 g/mol. The van der Waals surface area contributed by atoms with E-state index in [9.17, 15) is 23.5 Å². The number of hydrogen-bond acceptors (Lipinski definition) is 7. The number of rotatable bonds is 7. The smallest absolute Gasteiger partial charge is 0.246 e. The van der Waals surface area contributed by atoms with Gasteiger partial charge in [0.05, 0.1) is 10.4 Å². The molecule has 1 aliphatic heterocycles. The first-order chi connectivity index (χ1) is 17.2. The summed E-state index contributed by atoms with van der Waals surface area (Å²) in [5.74, 6) is -2.19. The second-order valence-electron chi connectivity index (χ2n) is 8.61. The molecule has 1 atom stereocenters. The summed E-state index contributed by atoms with van der Waals surface area (Å²) in [6, 6.07) is 10.5. The number of amides is 1. The van der Waals surface area contributed by atoms with Crippen molar-refractivity contribution in [3.63, 3.8) is 0 Å². The van der Waals surface area contributed by atoms with Crippen molar-refractivity contribution in [3.8, 4) is 0 Å². The van der Waals surface area contributed by atoms with Crippen LogP contribution in [-0.4, -0.2) is 45.8 Å². The Balaban J connectivity index is 1.32. The fourth-order valence-electron chi connectivity index (χ4n) is 3.99. The Morgan fingerprint density at radius 2 is 1.78 bits per heavy atom. The first-order valence-corrected chi connectivity index (χ1v) is 12.3. The van der Waals surface area contributed by atoms with Crippen LogP contribution in [0, 0.1) is 18.6 Å². The molecule has 188 valence electrons. The number of nitrogens with one attached hydrogen (secondary N) is 1. The van der Waals surface area contributed by atoms with Crippen LogP contribution in [0.5, 0.6) is 0 Å². The number of aryl methyl sites for hydroxylation is 1. The minimum absolute atomic E-state index is 0.00588. The summed E-state index contributed by atoms with van der Waals surface area (Å²) < 4.78 is 28.1. The number of aromatic nitrogens is 1. The average molecular weight is 513 g/mol. The number of piperidine rings is 1. The van der Waals surface area contributed by atoms with Gasteiger partial charge in [-0.05, 0) is 38.0 Å². The van der Waals surface area contributed by atoms with E-state index in [4.69, 9.17) is 5.73 Å². The first-order valence-electron chi connectivity index (χ1n) is 11.5. The van der Waals surface area contributed by atoms with Gasteiger partial charge < -0.3 is 21.1 Å². The molecule has 0 radical (unpaired) electrons. The highest BCUT2D eigenvalue weighted by atomic mass is 32.1. The fourth-order valence-corrected chi connectivity index (χ4v) is 4.95. The molecule has 1 aliphatic rings. The Kier molecular flexibility index (Phi) is 7.76. The van der Waals surface area contributed by atoms with E-state index in [0.717, 1.165) is 29.0 Å². The van der Waals surface area contributed by atoms with Gasteiger partial charge in [0.15, 0.2) is 10.9 Å². The van der Waals surface area contributed by atoms with Gasteiger partial charge in [-0.25, -0.2) is 13.8 Å². The van der Waals surface area contributed by atoms with Crippen LogP contribution < -0.4 is 11.1 Å². The quantitative estimate of drug-likeness (QED) is 0.323. The third kappa shape index (κ3) is 5.77. The second-order valence-corrected chi connectivity index (χ2v) is 9.64. The summed E-state index contributed by atoms with van der Waals surface area (Å²) in [7, 11) is 0. The van der Waals surface area contributed by atoms with E-state index >= 15 is 0 Å². The van der Waals surface area contributed by atoms with E-state index in [2.05, 4.69) is 10.3 Å². The lowest BCUT2D eigenvalue weighted by Crippen LogP contribution is -2.41. The van der Waals surface area contributed by atoms with Gasteiger partial charge in [0.25, 0.3) is 0 Å². The lowest BCUT2D eigenvalue weighted by Gasteiger charge is -2.31. The molecule has 0 bridgehead atoms. The van der Waals surface area contributed by atoms with Gasteiger partial charge in [0, 0.05) is 30.8 Å². The summed E-state index contributed by atoms with van der Waals surface area (Å²) in [5, 5.41) is 14.2. The summed E-state index contributed by atoms with van der Waals surface area (Å²) in [4.78, 5) is 30.8. The predicted octanol–water partition coefficient (Wildman–Crippen LogP) is 4.24. The molecule has 0 aliphatic carbocycles. The lowest BCUT2D eigenvalue weighted by atomic mass is 10.0. The largest absolute Gasteiger partial charge is 0.383 e. The molecular weight excluding hydrogens is 486 g/mol. The van der Waals surface area contributed by atoms with Gasteiger partial charge in [-0.3, -0.25) is 9.59 Å². The van der Waals surface area contributed by atoms with Crippen LogP contribution in [-0.2, 0) is 4.79 Å². The molecule has 1 aromatic heterocycles. The van der Waals surface area contributed by atoms with E-state index < -0.39 is 23.3 Å². The molecule has 1 saturated heterocycles. The van der Waals surface area contributed by atoms with Crippen molar-refractivity contribution >= 4 is 34.0 Å². The molecular formula is C26H26F2N4O3S. The zero-order valence-electron chi connectivity index (χ0n) is 19.6. The summed E-state index contributed by atoms with van der Waals surface area (Å²) >= 11 is 1.03. The maximum atomic E-state index is 14.1. The van der Waals surface area contributed by atoms with Crippen molar-refractivity contribution in [2.24, 2.45) is 0 Å². The SMILES string of the molecule is Cc1ccc(C(=O)/C=C/C(=O)N2CCC(Nc3nc(N)c(C(O)c4c(F)cccc4F)s3)CC2)cc1. The average Bonchev–Trinajstić information content (AvgIpc) is 3.22. The molecule has 7 nitrogen and oxygen atoms in total. The van der Waals surface area contributed by atoms with E-state index in [0.29, 0.717) is 36.6 Å². The normalized spacial score (nSPS) is 15.3. The molecule has 2 aromatic carbocycles. The number of allylic oxidation sites excluding steroid dienone is 1. The van der Waals surface area contributed by atoms with Gasteiger partial charge in [0.2, 0.25) is 5.91 Å². The number of anilines is 2. The molecule has 1 unspecified atom stereocenters. The van der Waals surface area contributed by atoms with Gasteiger partial charge in [-0.2, -0.15) is 0 Å². The number of aliphatic hydroxyl groups excluding tert-OH is 1. The third-order valence-corrected chi connectivity index (χ3v) is 7.10. The molecule has 1 amide bonds. The van der Waals surface area contributed by atoms with Gasteiger partial charge in [-0.15, -0.1) is 0 Å². The maximum Gasteiger partial charge on any atom is 0.246 e. The van der Waals surface area contributed by atoms with Gasteiger partial charge in [0.1, 0.15) is 23.6 Å². The molecule has 0 spiro atoms. The minimum Gasteiger partial charge on any atom is -0.383 e. The number of nitrogens with two attached hydrogens (primary N) is 1. The Labute approximate surface area is 211 Å². The Hall–Kier alpha value is -3.63. The number of aliphatic hydroxyl groups is 1. The van der Waals surface area contributed by atoms with Gasteiger partial charge in [-0.1, -0.05) is 47.2 Å². The van der Waals surface area contributed by atoms with Crippen LogP contribution in [0.25, 0.3) is 0 Å². The summed E-state index contributed by atoms with van der Waals surface area (Å²) in [5.41, 5.74) is 7.02. The number of halogens is 2. The number of likely N-dealkylation sites (tertiary alicyclic amines) is 1. The van der Waals surface area contributed by atoms with E-state index in [-0.39, 0.29) is 28.4 Å². The lowest BCUT2D eigenvalue weighted by molar-refractivity contribution is -0.126. The molecule has 4 rings (SSSR count). The molecule has 10 heteroatoms. The highest BCUT2D eigenvalue weighted by Crippen LogP contribution is 2.36. The van der Waals surface area contributed by atoms with Crippen molar-refractivity contribution < 1.29 is 23.5 Å².